The van der Waals surface area contributed by atoms with Crippen LogP contribution >= 0.6 is 29.2 Å². The molecule has 4 aliphatic rings. The quantitative estimate of drug-likeness (QED) is 0.185. The van der Waals surface area contributed by atoms with Gasteiger partial charge in [-0.2, -0.15) is 0 Å². The Labute approximate surface area is 215 Å². The van der Waals surface area contributed by atoms with Gasteiger partial charge in [0.2, 0.25) is 0 Å². The van der Waals surface area contributed by atoms with Crippen molar-refractivity contribution in [2.45, 2.75) is 122 Å². The third-order valence-electron chi connectivity index (χ3n) is 8.39. The summed E-state index contributed by atoms with van der Waals surface area (Å²) in [6.07, 6.45) is 20.8. The molecule has 1 N–H and O–H groups in total. The Balaban J connectivity index is 0.00000363. The van der Waals surface area contributed by atoms with Crippen molar-refractivity contribution in [1.29, 1.82) is 0 Å². The molecule has 0 aromatic carbocycles. The summed E-state index contributed by atoms with van der Waals surface area (Å²) < 4.78 is 6.37. The van der Waals surface area contributed by atoms with E-state index in [9.17, 15) is 0 Å². The van der Waals surface area contributed by atoms with Crippen LogP contribution in [0.15, 0.2) is 0 Å². The van der Waals surface area contributed by atoms with Gasteiger partial charge in [0.15, 0.2) is 0 Å². The predicted molar refractivity (Wildman–Crippen MR) is 147 cm³/mol. The van der Waals surface area contributed by atoms with Crippen molar-refractivity contribution in [3.05, 3.63) is 0 Å². The van der Waals surface area contributed by atoms with Gasteiger partial charge in [0, 0.05) is 18.0 Å². The van der Waals surface area contributed by atoms with E-state index in [-0.39, 0.29) is 28.6 Å². The van der Waals surface area contributed by atoms with Crippen LogP contribution in [0.1, 0.15) is 110 Å². The van der Waals surface area contributed by atoms with Crippen molar-refractivity contribution in [2.24, 2.45) is 23.7 Å². The zero-order chi connectivity index (χ0) is 22.3. The molecule has 0 amide bonds. The topological polar surface area (TPSA) is 24.5 Å². The lowest BCUT2D eigenvalue weighted by atomic mass is 9.53. The molecule has 0 spiro atoms. The van der Waals surface area contributed by atoms with Crippen LogP contribution in [0.5, 0.6) is 0 Å². The zero-order valence-electron chi connectivity index (χ0n) is 21.4. The van der Waals surface area contributed by atoms with E-state index in [2.05, 4.69) is 38.2 Å². The Morgan fingerprint density at radius 2 is 1.44 bits per heavy atom. The van der Waals surface area contributed by atoms with E-state index in [1.165, 1.54) is 96.3 Å². The summed E-state index contributed by atoms with van der Waals surface area (Å²) in [6, 6.07) is 0. The van der Waals surface area contributed by atoms with E-state index in [0.717, 1.165) is 24.3 Å². The lowest BCUT2D eigenvalue weighted by molar-refractivity contribution is -0.0148. The summed E-state index contributed by atoms with van der Waals surface area (Å²) in [5.74, 6) is 3.35. The van der Waals surface area contributed by atoms with Crippen LogP contribution in [0.25, 0.3) is 0 Å². The second-order valence-electron chi connectivity index (χ2n) is 11.7. The zero-order valence-corrected chi connectivity index (χ0v) is 23.9. The minimum atomic E-state index is 0. The Morgan fingerprint density at radius 3 is 1.94 bits per heavy atom. The number of nitrogens with one attached hydrogen (secondary N) is 1. The number of hydrogen-bond donors (Lipinski definition) is 1. The first-order chi connectivity index (χ1) is 14.9. The van der Waals surface area contributed by atoms with E-state index >= 15 is 0 Å². The number of halogens is 1. The molecule has 32 heavy (non-hydrogen) atoms. The summed E-state index contributed by atoms with van der Waals surface area (Å²) >= 11 is 5.76. The lowest BCUT2D eigenvalue weighted by Crippen LogP contribution is -2.60. The number of ether oxygens (including phenoxy) is 1. The van der Waals surface area contributed by atoms with Gasteiger partial charge in [-0.05, 0) is 95.9 Å². The van der Waals surface area contributed by atoms with Gasteiger partial charge in [-0.3, -0.25) is 0 Å². The minimum Gasteiger partial charge on any atom is -0.468 e. The minimum absolute atomic E-state index is 0. The van der Waals surface area contributed by atoms with Gasteiger partial charge in [0.25, 0.3) is 5.17 Å². The molecular formula is C27H51BrN2OS. The van der Waals surface area contributed by atoms with Crippen LogP contribution in [-0.2, 0) is 4.74 Å². The molecular weight excluding hydrogens is 480 g/mol. The molecule has 2 unspecified atom stereocenters. The number of rotatable bonds is 14. The number of nitrogens with zero attached hydrogens (tertiary/aromatic N) is 1. The standard InChI is InChI=1S/C27H50N2OS.BrH/c1-5-6-7-8-9-10-11-12-13-25(20-29(3)4)21(2)30-26(31)28-27-17-22-14-23(18-27)16-24(15-22)19-27;/h21-25H,5-20H2,1-4H3,(H,28,31);1H. The van der Waals surface area contributed by atoms with Gasteiger partial charge in [-0.25, -0.2) is 0 Å². The highest BCUT2D eigenvalue weighted by Gasteiger charge is 2.51. The van der Waals surface area contributed by atoms with E-state index in [4.69, 9.17) is 17.0 Å². The molecule has 0 aliphatic heterocycles. The SMILES string of the molecule is Br.CCCCCCCCCCC(CN(C)C)C(C)OC(=S)NC12CC3CC(CC(C3)C1)C2. The highest BCUT2D eigenvalue weighted by molar-refractivity contribution is 8.93. The molecule has 0 aromatic heterocycles. The van der Waals surface area contributed by atoms with E-state index in [0.29, 0.717) is 11.1 Å². The van der Waals surface area contributed by atoms with Crippen molar-refractivity contribution < 1.29 is 4.74 Å². The van der Waals surface area contributed by atoms with Gasteiger partial charge in [0.05, 0.1) is 0 Å². The molecule has 5 heteroatoms. The highest BCUT2D eigenvalue weighted by atomic mass is 79.9. The molecule has 0 radical (unpaired) electrons. The largest absolute Gasteiger partial charge is 0.468 e. The normalized spacial score (nSPS) is 30.1. The third-order valence-corrected chi connectivity index (χ3v) is 8.59. The highest BCUT2D eigenvalue weighted by Crippen LogP contribution is 2.55. The molecule has 4 rings (SSSR count). The van der Waals surface area contributed by atoms with Crippen molar-refractivity contribution in [3.63, 3.8) is 0 Å². The van der Waals surface area contributed by atoms with Crippen LogP contribution in [0.4, 0.5) is 0 Å². The first kappa shape index (κ1) is 28.4. The molecule has 4 fully saturated rings. The Bertz CT molecular complexity index is 520. The van der Waals surface area contributed by atoms with Gasteiger partial charge < -0.3 is 15.0 Å². The molecule has 4 bridgehead atoms. The van der Waals surface area contributed by atoms with Crippen molar-refractivity contribution >= 4 is 34.4 Å². The van der Waals surface area contributed by atoms with E-state index < -0.39 is 0 Å². The Kier molecular flexibility index (Phi) is 12.3. The van der Waals surface area contributed by atoms with Crippen LogP contribution in [0, 0.1) is 23.7 Å². The van der Waals surface area contributed by atoms with Gasteiger partial charge in [-0.15, -0.1) is 17.0 Å². The summed E-state index contributed by atoms with van der Waals surface area (Å²) in [4.78, 5) is 2.31. The van der Waals surface area contributed by atoms with Gasteiger partial charge in [0.1, 0.15) is 6.10 Å². The van der Waals surface area contributed by atoms with Crippen LogP contribution in [0.2, 0.25) is 0 Å². The summed E-state index contributed by atoms with van der Waals surface area (Å²) in [6.45, 7) is 5.61. The average molecular weight is 532 g/mol. The fourth-order valence-corrected chi connectivity index (χ4v) is 7.63. The summed E-state index contributed by atoms with van der Waals surface area (Å²) in [7, 11) is 4.36. The van der Waals surface area contributed by atoms with Gasteiger partial charge >= 0.3 is 0 Å². The third kappa shape index (κ3) is 8.73. The van der Waals surface area contributed by atoms with Crippen LogP contribution in [0.3, 0.4) is 0 Å². The molecule has 188 valence electrons. The van der Waals surface area contributed by atoms with Crippen LogP contribution < -0.4 is 5.32 Å². The Hall–Kier alpha value is 0.130. The first-order valence-corrected chi connectivity index (χ1v) is 13.9. The Morgan fingerprint density at radius 1 is 0.938 bits per heavy atom. The molecule has 0 heterocycles. The maximum absolute atomic E-state index is 6.37. The van der Waals surface area contributed by atoms with E-state index in [1.54, 1.807) is 0 Å². The molecule has 0 saturated heterocycles. The summed E-state index contributed by atoms with van der Waals surface area (Å²) in [5.41, 5.74) is 0.250. The van der Waals surface area contributed by atoms with Crippen molar-refractivity contribution in [1.82, 2.24) is 10.2 Å². The summed E-state index contributed by atoms with van der Waals surface area (Å²) in [5, 5.41) is 4.44. The number of thiocarbonyl (C=S) groups is 1. The number of unbranched alkanes of at least 4 members (excludes halogenated alkanes) is 7. The van der Waals surface area contributed by atoms with Crippen molar-refractivity contribution in [3.8, 4) is 0 Å². The molecule has 3 nitrogen and oxygen atoms in total. The maximum Gasteiger partial charge on any atom is 0.257 e. The molecule has 4 aliphatic carbocycles. The average Bonchev–Trinajstić information content (AvgIpc) is 2.67. The fourth-order valence-electron chi connectivity index (χ4n) is 7.26. The second kappa shape index (κ2) is 13.9. The van der Waals surface area contributed by atoms with Gasteiger partial charge in [-0.1, -0.05) is 58.3 Å². The monoisotopic (exact) mass is 530 g/mol. The predicted octanol–water partition coefficient (Wildman–Crippen LogP) is 7.52. The smallest absolute Gasteiger partial charge is 0.257 e. The molecule has 0 aromatic rings. The first-order valence-electron chi connectivity index (χ1n) is 13.5. The second-order valence-corrected chi connectivity index (χ2v) is 12.1. The van der Waals surface area contributed by atoms with E-state index in [1.807, 2.05) is 0 Å². The van der Waals surface area contributed by atoms with Crippen molar-refractivity contribution in [2.75, 3.05) is 20.6 Å². The molecule has 2 atom stereocenters. The molecule has 4 saturated carbocycles. The lowest BCUT2D eigenvalue weighted by Gasteiger charge is -2.57. The fraction of sp³-hybridized carbons (Fsp3) is 0.963. The number of hydrogen-bond acceptors (Lipinski definition) is 3. The van der Waals surface area contributed by atoms with Crippen LogP contribution in [-0.4, -0.2) is 42.4 Å². The maximum atomic E-state index is 6.37.